The van der Waals surface area contributed by atoms with E-state index in [1.54, 1.807) is 0 Å². The predicted octanol–water partition coefficient (Wildman–Crippen LogP) is 2.11. The predicted molar refractivity (Wildman–Crippen MR) is 116 cm³/mol. The van der Waals surface area contributed by atoms with Crippen LogP contribution >= 0.6 is 0 Å². The Hall–Kier alpha value is -2.77. The van der Waals surface area contributed by atoms with Crippen molar-refractivity contribution in [3.8, 4) is 0 Å². The van der Waals surface area contributed by atoms with Crippen LogP contribution in [0.25, 0.3) is 10.9 Å². The van der Waals surface area contributed by atoms with E-state index in [0.717, 1.165) is 47.4 Å². The maximum absolute atomic E-state index is 12.5. The van der Waals surface area contributed by atoms with Crippen LogP contribution in [0.5, 0.6) is 0 Å². The van der Waals surface area contributed by atoms with Gasteiger partial charge < -0.3 is 10.1 Å². The summed E-state index contributed by atoms with van der Waals surface area (Å²) >= 11 is 0. The number of hydrogen-bond donors (Lipinski definition) is 1. The van der Waals surface area contributed by atoms with Crippen LogP contribution in [0.2, 0.25) is 0 Å². The van der Waals surface area contributed by atoms with Crippen LogP contribution in [-0.2, 0) is 22.5 Å². The van der Waals surface area contributed by atoms with Gasteiger partial charge in [-0.25, -0.2) is 0 Å². The lowest BCUT2D eigenvalue weighted by atomic mass is 10.1. The van der Waals surface area contributed by atoms with E-state index < -0.39 is 0 Å². The first kappa shape index (κ1) is 20.5. The fraction of sp³-hybridized carbons (Fsp3) is 0.435. The molecule has 1 amide bonds. The number of ether oxygens (including phenoxy) is 1. The fourth-order valence-corrected chi connectivity index (χ4v) is 4.05. The molecule has 1 N–H and O–H groups in total. The zero-order valence-corrected chi connectivity index (χ0v) is 17.7. The van der Waals surface area contributed by atoms with Crippen LogP contribution in [0, 0.1) is 13.8 Å². The van der Waals surface area contributed by atoms with Crippen LogP contribution in [-0.4, -0.2) is 64.5 Å². The van der Waals surface area contributed by atoms with E-state index in [1.807, 2.05) is 29.9 Å². The van der Waals surface area contributed by atoms with E-state index in [1.165, 1.54) is 0 Å². The Morgan fingerprint density at radius 2 is 2.13 bits per heavy atom. The standard InChI is InChI=1S/C23H29N5O2/c1-17-13-18(2)28(26-17)15-21-14-27(11-12-30-21)16-22(29)24-10-8-20-6-3-5-19-7-4-9-25-23(19)20/h3-7,9,13,21H,8,10-12,14-16H2,1-2H3,(H,24,29). The molecule has 1 aromatic carbocycles. The van der Waals surface area contributed by atoms with Gasteiger partial charge in [0.05, 0.1) is 37.0 Å². The molecule has 1 unspecified atom stereocenters. The van der Waals surface area contributed by atoms with Crippen molar-refractivity contribution in [3.05, 3.63) is 59.5 Å². The molecule has 1 atom stereocenters. The van der Waals surface area contributed by atoms with E-state index in [4.69, 9.17) is 4.74 Å². The minimum Gasteiger partial charge on any atom is -0.374 e. The van der Waals surface area contributed by atoms with Crippen molar-refractivity contribution in [1.82, 2.24) is 25.0 Å². The van der Waals surface area contributed by atoms with Crippen molar-refractivity contribution in [2.45, 2.75) is 32.9 Å². The number of fused-ring (bicyclic) bond motifs is 1. The number of nitrogens with zero attached hydrogens (tertiary/aromatic N) is 4. The number of aromatic nitrogens is 3. The average Bonchev–Trinajstić information content (AvgIpc) is 3.05. The highest BCUT2D eigenvalue weighted by Gasteiger charge is 2.23. The summed E-state index contributed by atoms with van der Waals surface area (Å²) in [5.74, 6) is 0.0509. The van der Waals surface area contributed by atoms with Gasteiger partial charge in [0.25, 0.3) is 0 Å². The molecule has 0 spiro atoms. The second kappa shape index (κ2) is 9.36. The number of benzene rings is 1. The van der Waals surface area contributed by atoms with Gasteiger partial charge in [0.2, 0.25) is 5.91 Å². The van der Waals surface area contributed by atoms with Crippen molar-refractivity contribution in [3.63, 3.8) is 0 Å². The Balaban J connectivity index is 1.25. The maximum Gasteiger partial charge on any atom is 0.234 e. The molecule has 1 aliphatic heterocycles. The molecule has 30 heavy (non-hydrogen) atoms. The molecule has 1 aliphatic rings. The molecular formula is C23H29N5O2. The summed E-state index contributed by atoms with van der Waals surface area (Å²) in [6.07, 6.45) is 2.63. The largest absolute Gasteiger partial charge is 0.374 e. The lowest BCUT2D eigenvalue weighted by molar-refractivity contribution is -0.124. The summed E-state index contributed by atoms with van der Waals surface area (Å²) in [6.45, 7) is 7.91. The van der Waals surface area contributed by atoms with Gasteiger partial charge in [-0.15, -0.1) is 0 Å². The number of amides is 1. The van der Waals surface area contributed by atoms with E-state index in [2.05, 4.69) is 51.5 Å². The summed E-state index contributed by atoms with van der Waals surface area (Å²) in [5.41, 5.74) is 4.31. The molecule has 158 valence electrons. The first-order valence-corrected chi connectivity index (χ1v) is 10.5. The smallest absolute Gasteiger partial charge is 0.234 e. The maximum atomic E-state index is 12.5. The normalized spacial score (nSPS) is 17.3. The van der Waals surface area contributed by atoms with Gasteiger partial charge >= 0.3 is 0 Å². The topological polar surface area (TPSA) is 72.3 Å². The minimum absolute atomic E-state index is 0.0475. The van der Waals surface area contributed by atoms with Crippen LogP contribution in [0.15, 0.2) is 42.6 Å². The number of hydrogen-bond acceptors (Lipinski definition) is 5. The van der Waals surface area contributed by atoms with Crippen molar-refractivity contribution >= 4 is 16.8 Å². The van der Waals surface area contributed by atoms with Gasteiger partial charge in [-0.3, -0.25) is 19.4 Å². The lowest BCUT2D eigenvalue weighted by Crippen LogP contribution is -2.48. The van der Waals surface area contributed by atoms with E-state index in [-0.39, 0.29) is 12.0 Å². The van der Waals surface area contributed by atoms with Crippen molar-refractivity contribution in [1.29, 1.82) is 0 Å². The number of para-hydroxylation sites is 1. The molecule has 3 aromatic rings. The summed E-state index contributed by atoms with van der Waals surface area (Å²) in [6, 6.07) is 12.2. The van der Waals surface area contributed by atoms with Crippen LogP contribution in [0.3, 0.4) is 0 Å². The highest BCUT2D eigenvalue weighted by Crippen LogP contribution is 2.16. The van der Waals surface area contributed by atoms with Crippen LogP contribution < -0.4 is 5.32 Å². The molecule has 2 aromatic heterocycles. The Morgan fingerprint density at radius 3 is 2.97 bits per heavy atom. The molecule has 7 heteroatoms. The quantitative estimate of drug-likeness (QED) is 0.650. The van der Waals surface area contributed by atoms with E-state index >= 15 is 0 Å². The van der Waals surface area contributed by atoms with Gasteiger partial charge in [-0.1, -0.05) is 24.3 Å². The molecule has 0 saturated carbocycles. The monoisotopic (exact) mass is 407 g/mol. The van der Waals surface area contributed by atoms with Gasteiger partial charge in [0.1, 0.15) is 0 Å². The van der Waals surface area contributed by atoms with Gasteiger partial charge in [-0.05, 0) is 38.0 Å². The molecule has 1 fully saturated rings. The van der Waals surface area contributed by atoms with Crippen molar-refractivity contribution < 1.29 is 9.53 Å². The molecule has 0 aliphatic carbocycles. The molecular weight excluding hydrogens is 378 g/mol. The molecule has 1 saturated heterocycles. The Morgan fingerprint density at radius 1 is 1.27 bits per heavy atom. The fourth-order valence-electron chi connectivity index (χ4n) is 4.05. The highest BCUT2D eigenvalue weighted by atomic mass is 16.5. The number of aryl methyl sites for hydroxylation is 2. The molecule has 7 nitrogen and oxygen atoms in total. The number of rotatable bonds is 7. The zero-order valence-electron chi connectivity index (χ0n) is 17.7. The second-order valence-electron chi connectivity index (χ2n) is 7.93. The highest BCUT2D eigenvalue weighted by molar-refractivity contribution is 5.81. The third kappa shape index (κ3) is 5.04. The number of morpholine rings is 1. The minimum atomic E-state index is 0.0475. The third-order valence-electron chi connectivity index (χ3n) is 5.50. The van der Waals surface area contributed by atoms with Gasteiger partial charge in [-0.2, -0.15) is 5.10 Å². The Kier molecular flexibility index (Phi) is 6.40. The third-order valence-corrected chi connectivity index (χ3v) is 5.50. The van der Waals surface area contributed by atoms with E-state index in [9.17, 15) is 4.79 Å². The van der Waals surface area contributed by atoms with Gasteiger partial charge in [0, 0.05) is 36.9 Å². The first-order valence-electron chi connectivity index (χ1n) is 10.5. The molecule has 4 rings (SSSR count). The molecule has 0 bridgehead atoms. The number of carbonyl (C=O) groups excluding carboxylic acids is 1. The Bertz CT molecular complexity index is 1010. The Labute approximate surface area is 177 Å². The summed E-state index contributed by atoms with van der Waals surface area (Å²) in [7, 11) is 0. The summed E-state index contributed by atoms with van der Waals surface area (Å²) in [4.78, 5) is 19.1. The second-order valence-corrected chi connectivity index (χ2v) is 7.93. The van der Waals surface area contributed by atoms with E-state index in [0.29, 0.717) is 26.2 Å². The molecule has 3 heterocycles. The SMILES string of the molecule is Cc1cc(C)n(CC2CN(CC(=O)NCCc3cccc4cccnc34)CCO2)n1. The zero-order chi connectivity index (χ0) is 20.9. The lowest BCUT2D eigenvalue weighted by Gasteiger charge is -2.32. The number of pyridine rings is 1. The van der Waals surface area contributed by atoms with Crippen LogP contribution in [0.1, 0.15) is 17.0 Å². The summed E-state index contributed by atoms with van der Waals surface area (Å²) in [5, 5.41) is 8.70. The number of carbonyl (C=O) groups is 1. The first-order chi connectivity index (χ1) is 14.6. The van der Waals surface area contributed by atoms with Crippen LogP contribution in [0.4, 0.5) is 0 Å². The van der Waals surface area contributed by atoms with Crippen molar-refractivity contribution in [2.75, 3.05) is 32.8 Å². The average molecular weight is 408 g/mol. The van der Waals surface area contributed by atoms with Gasteiger partial charge in [0.15, 0.2) is 0 Å². The van der Waals surface area contributed by atoms with Crippen molar-refractivity contribution in [2.24, 2.45) is 0 Å². The molecule has 0 radical (unpaired) electrons. The number of nitrogens with one attached hydrogen (secondary N) is 1. The summed E-state index contributed by atoms with van der Waals surface area (Å²) < 4.78 is 7.88.